The van der Waals surface area contributed by atoms with Gasteiger partial charge in [-0.15, -0.1) is 11.3 Å². The van der Waals surface area contributed by atoms with Gasteiger partial charge in [0, 0.05) is 28.7 Å². The lowest BCUT2D eigenvalue weighted by Gasteiger charge is -2.28. The number of thiophene rings is 1. The van der Waals surface area contributed by atoms with Crippen LogP contribution in [0.25, 0.3) is 0 Å². The van der Waals surface area contributed by atoms with Gasteiger partial charge in [0.1, 0.15) is 0 Å². The molecule has 1 saturated heterocycles. The maximum atomic E-state index is 6.21. The van der Waals surface area contributed by atoms with Crippen LogP contribution in [0.2, 0.25) is 5.02 Å². The molecule has 24 heavy (non-hydrogen) atoms. The molecule has 0 unspecified atom stereocenters. The first-order valence-electron chi connectivity index (χ1n) is 8.08. The van der Waals surface area contributed by atoms with Gasteiger partial charge in [0.05, 0.1) is 12.6 Å². The van der Waals surface area contributed by atoms with Crippen LogP contribution in [0.4, 0.5) is 5.69 Å². The van der Waals surface area contributed by atoms with Gasteiger partial charge in [-0.2, -0.15) is 0 Å². The molecule has 0 aliphatic carbocycles. The molecular weight excluding hydrogens is 360 g/mol. The van der Waals surface area contributed by atoms with Crippen molar-refractivity contribution in [3.63, 3.8) is 0 Å². The van der Waals surface area contributed by atoms with Crippen molar-refractivity contribution in [1.82, 2.24) is 4.90 Å². The van der Waals surface area contributed by atoms with E-state index in [0.717, 1.165) is 48.8 Å². The summed E-state index contributed by atoms with van der Waals surface area (Å²) in [6.07, 6.45) is 2.48. The number of halogens is 1. The molecule has 0 amide bonds. The average molecular weight is 381 g/mol. The third-order valence-corrected chi connectivity index (χ3v) is 5.71. The smallest absolute Gasteiger partial charge is 0.173 e. The summed E-state index contributed by atoms with van der Waals surface area (Å²) in [6.45, 7) is 4.45. The summed E-state index contributed by atoms with van der Waals surface area (Å²) in [5, 5.41) is 6.86. The molecule has 3 nitrogen and oxygen atoms in total. The summed E-state index contributed by atoms with van der Waals surface area (Å²) < 4.78 is 5.79. The van der Waals surface area contributed by atoms with E-state index in [1.165, 1.54) is 4.88 Å². The fourth-order valence-electron chi connectivity index (χ4n) is 2.72. The Morgan fingerprint density at radius 3 is 3.00 bits per heavy atom. The minimum absolute atomic E-state index is 0.256. The molecule has 2 aromatic rings. The average Bonchev–Trinajstić information content (AvgIpc) is 3.24. The zero-order valence-electron chi connectivity index (χ0n) is 13.6. The maximum absolute atomic E-state index is 6.21. The predicted molar refractivity (Wildman–Crippen MR) is 106 cm³/mol. The van der Waals surface area contributed by atoms with Gasteiger partial charge < -0.3 is 15.0 Å². The van der Waals surface area contributed by atoms with E-state index in [0.29, 0.717) is 5.11 Å². The van der Waals surface area contributed by atoms with Gasteiger partial charge in [-0.05, 0) is 61.1 Å². The summed E-state index contributed by atoms with van der Waals surface area (Å²) in [5.74, 6) is 0. The van der Waals surface area contributed by atoms with Gasteiger partial charge in [-0.1, -0.05) is 23.7 Å². The third-order valence-electron chi connectivity index (χ3n) is 4.09. The van der Waals surface area contributed by atoms with Crippen molar-refractivity contribution in [2.24, 2.45) is 0 Å². The Hall–Kier alpha value is -1.14. The molecule has 6 heteroatoms. The predicted octanol–water partition coefficient (Wildman–Crippen LogP) is 5.09. The van der Waals surface area contributed by atoms with Crippen LogP contribution < -0.4 is 5.32 Å². The number of thiocarbonyl (C=S) groups is 1. The third kappa shape index (κ3) is 4.70. The molecule has 3 rings (SSSR count). The molecule has 1 aromatic heterocycles. The molecule has 1 aromatic carbocycles. The van der Waals surface area contributed by atoms with Gasteiger partial charge in [0.15, 0.2) is 5.11 Å². The highest BCUT2D eigenvalue weighted by Crippen LogP contribution is 2.22. The molecule has 0 radical (unpaired) electrons. The first-order chi connectivity index (χ1) is 11.6. The summed E-state index contributed by atoms with van der Waals surface area (Å²) in [4.78, 5) is 3.48. The van der Waals surface area contributed by atoms with Gasteiger partial charge in [0.2, 0.25) is 0 Å². The molecule has 128 valence electrons. The van der Waals surface area contributed by atoms with E-state index in [1.54, 1.807) is 11.3 Å². The lowest BCUT2D eigenvalue weighted by molar-refractivity contribution is 0.0907. The monoisotopic (exact) mass is 380 g/mol. The Morgan fingerprint density at radius 2 is 2.33 bits per heavy atom. The van der Waals surface area contributed by atoms with E-state index in [2.05, 4.69) is 27.7 Å². The summed E-state index contributed by atoms with van der Waals surface area (Å²) in [6, 6.07) is 10.1. The Balaban J connectivity index is 1.70. The molecule has 1 aliphatic rings. The van der Waals surface area contributed by atoms with Crippen molar-refractivity contribution in [3.05, 3.63) is 51.2 Å². The first kappa shape index (κ1) is 17.7. The van der Waals surface area contributed by atoms with Crippen molar-refractivity contribution in [2.75, 3.05) is 18.5 Å². The number of anilines is 1. The standard InChI is InChI=1S/C18H21ClN2OS2/c1-13-6-7-14(10-17(13)19)20-18(23)21(11-15-4-2-8-22-15)12-16-5-3-9-24-16/h3,5-7,9-10,15H,2,4,8,11-12H2,1H3,(H,20,23)/t15-/m1/s1. The number of nitrogens with zero attached hydrogens (tertiary/aromatic N) is 1. The van der Waals surface area contributed by atoms with E-state index >= 15 is 0 Å². The van der Waals surface area contributed by atoms with Crippen LogP contribution >= 0.6 is 35.2 Å². The lowest BCUT2D eigenvalue weighted by atomic mass is 10.2. The second-order valence-corrected chi connectivity index (χ2v) is 7.82. The molecule has 0 bridgehead atoms. The number of ether oxygens (including phenoxy) is 1. The molecule has 1 fully saturated rings. The van der Waals surface area contributed by atoms with E-state index in [4.69, 9.17) is 28.6 Å². The van der Waals surface area contributed by atoms with Crippen LogP contribution in [-0.2, 0) is 11.3 Å². The largest absolute Gasteiger partial charge is 0.376 e. The van der Waals surface area contributed by atoms with Crippen LogP contribution in [0, 0.1) is 6.92 Å². The fraction of sp³-hybridized carbons (Fsp3) is 0.389. The quantitative estimate of drug-likeness (QED) is 0.730. The van der Waals surface area contributed by atoms with E-state index in [9.17, 15) is 0 Å². The number of hydrogen-bond acceptors (Lipinski definition) is 3. The van der Waals surface area contributed by atoms with Crippen LogP contribution in [0.15, 0.2) is 35.7 Å². The minimum Gasteiger partial charge on any atom is -0.376 e. The second kappa shape index (κ2) is 8.30. The lowest BCUT2D eigenvalue weighted by Crippen LogP contribution is -2.39. The number of rotatable bonds is 5. The zero-order chi connectivity index (χ0) is 16.9. The minimum atomic E-state index is 0.256. The highest BCUT2D eigenvalue weighted by Gasteiger charge is 2.21. The Bertz CT molecular complexity index is 684. The van der Waals surface area contributed by atoms with Gasteiger partial charge >= 0.3 is 0 Å². The van der Waals surface area contributed by atoms with E-state index < -0.39 is 0 Å². The highest BCUT2D eigenvalue weighted by molar-refractivity contribution is 7.80. The molecule has 2 heterocycles. The van der Waals surface area contributed by atoms with Crippen molar-refractivity contribution >= 4 is 46.0 Å². The summed E-state index contributed by atoms with van der Waals surface area (Å²) >= 11 is 13.6. The summed E-state index contributed by atoms with van der Waals surface area (Å²) in [7, 11) is 0. The van der Waals surface area contributed by atoms with Crippen molar-refractivity contribution in [1.29, 1.82) is 0 Å². The Kier molecular flexibility index (Phi) is 6.11. The van der Waals surface area contributed by atoms with Crippen molar-refractivity contribution in [3.8, 4) is 0 Å². The summed E-state index contributed by atoms with van der Waals surface area (Å²) in [5.41, 5.74) is 1.97. The van der Waals surface area contributed by atoms with Crippen molar-refractivity contribution in [2.45, 2.75) is 32.4 Å². The Labute approximate surface area is 157 Å². The molecule has 1 aliphatic heterocycles. The fourth-order valence-corrected chi connectivity index (χ4v) is 3.87. The van der Waals surface area contributed by atoms with Gasteiger partial charge in [-0.3, -0.25) is 0 Å². The van der Waals surface area contributed by atoms with E-state index in [-0.39, 0.29) is 6.10 Å². The number of hydrogen-bond donors (Lipinski definition) is 1. The van der Waals surface area contributed by atoms with Crippen LogP contribution in [0.3, 0.4) is 0 Å². The Morgan fingerprint density at radius 1 is 1.46 bits per heavy atom. The first-order valence-corrected chi connectivity index (χ1v) is 9.74. The van der Waals surface area contributed by atoms with Gasteiger partial charge in [-0.25, -0.2) is 0 Å². The SMILES string of the molecule is Cc1ccc(NC(=S)N(Cc2cccs2)C[C@H]2CCCO2)cc1Cl. The van der Waals surface area contributed by atoms with Crippen LogP contribution in [-0.4, -0.2) is 29.3 Å². The molecule has 0 saturated carbocycles. The van der Waals surface area contributed by atoms with Gasteiger partial charge in [0.25, 0.3) is 0 Å². The van der Waals surface area contributed by atoms with Crippen molar-refractivity contribution < 1.29 is 4.74 Å². The van der Waals surface area contributed by atoms with Crippen LogP contribution in [0.1, 0.15) is 23.3 Å². The second-order valence-electron chi connectivity index (χ2n) is 5.99. The topological polar surface area (TPSA) is 24.5 Å². The molecule has 0 spiro atoms. The number of benzene rings is 1. The normalized spacial score (nSPS) is 17.0. The van der Waals surface area contributed by atoms with Crippen LogP contribution in [0.5, 0.6) is 0 Å². The number of aryl methyl sites for hydroxylation is 1. The molecule has 1 atom stereocenters. The maximum Gasteiger partial charge on any atom is 0.173 e. The molecule has 1 N–H and O–H groups in total. The van der Waals surface area contributed by atoms with E-state index in [1.807, 2.05) is 25.1 Å². The number of nitrogens with one attached hydrogen (secondary N) is 1. The highest BCUT2D eigenvalue weighted by atomic mass is 35.5. The molecular formula is C18H21ClN2OS2. The zero-order valence-corrected chi connectivity index (χ0v) is 16.0.